The summed E-state index contributed by atoms with van der Waals surface area (Å²) in [5.74, 6) is 0. The molecule has 1 heterocycles. The number of anilines is 1. The van der Waals surface area contributed by atoms with Crippen molar-refractivity contribution >= 4 is 28.3 Å². The van der Waals surface area contributed by atoms with Gasteiger partial charge in [-0.15, -0.1) is 0 Å². The Morgan fingerprint density at radius 1 is 1.59 bits per heavy atom. The zero-order valence-electron chi connectivity index (χ0n) is 9.57. The first-order valence-electron chi connectivity index (χ1n) is 5.35. The Kier molecular flexibility index (Phi) is 3.51. The van der Waals surface area contributed by atoms with Gasteiger partial charge in [0.1, 0.15) is 0 Å². The molecule has 5 nitrogen and oxygen atoms in total. The fourth-order valence-electron chi connectivity index (χ4n) is 2.09. The van der Waals surface area contributed by atoms with Gasteiger partial charge in [0, 0.05) is 13.1 Å². The summed E-state index contributed by atoms with van der Waals surface area (Å²) in [6.07, 6.45) is 0.959. The molecule has 0 bridgehead atoms. The van der Waals surface area contributed by atoms with Gasteiger partial charge >= 0.3 is 0 Å². The lowest BCUT2D eigenvalue weighted by molar-refractivity contribution is 0.311. The minimum absolute atomic E-state index is 0.0504. The van der Waals surface area contributed by atoms with Crippen LogP contribution in [-0.4, -0.2) is 29.0 Å². The van der Waals surface area contributed by atoms with Gasteiger partial charge in [0.05, 0.1) is 11.4 Å². The Labute approximate surface area is 105 Å². The molecule has 0 atom stereocenters. The Morgan fingerprint density at radius 2 is 2.35 bits per heavy atom. The summed E-state index contributed by atoms with van der Waals surface area (Å²) in [6, 6.07) is 3.81. The van der Waals surface area contributed by atoms with Crippen LogP contribution in [0.4, 0.5) is 11.4 Å². The van der Waals surface area contributed by atoms with E-state index in [1.165, 1.54) is 5.56 Å². The molecule has 2 rings (SSSR count). The van der Waals surface area contributed by atoms with Crippen LogP contribution in [0.15, 0.2) is 17.1 Å². The molecule has 6 heteroatoms. The molecule has 0 amide bonds. The van der Waals surface area contributed by atoms with Crippen LogP contribution in [-0.2, 0) is 13.0 Å². The van der Waals surface area contributed by atoms with Crippen molar-refractivity contribution in [1.29, 1.82) is 0 Å². The number of amidine groups is 1. The number of aliphatic imine (C=N–C) groups is 1. The van der Waals surface area contributed by atoms with Crippen molar-refractivity contribution in [3.8, 4) is 0 Å². The maximum atomic E-state index is 9.25. The second kappa shape index (κ2) is 4.91. The van der Waals surface area contributed by atoms with Crippen molar-refractivity contribution in [2.75, 3.05) is 19.1 Å². The van der Waals surface area contributed by atoms with Crippen LogP contribution in [0.1, 0.15) is 11.1 Å². The molecule has 1 aromatic carbocycles. The molecule has 0 aliphatic carbocycles. The van der Waals surface area contributed by atoms with Crippen molar-refractivity contribution in [3.05, 3.63) is 23.3 Å². The van der Waals surface area contributed by atoms with Gasteiger partial charge in [-0.3, -0.25) is 10.7 Å². The lowest BCUT2D eigenvalue weighted by atomic mass is 9.97. The zero-order valence-corrected chi connectivity index (χ0v) is 10.3. The van der Waals surface area contributed by atoms with Gasteiger partial charge in [-0.1, -0.05) is 6.07 Å². The predicted molar refractivity (Wildman–Crippen MR) is 69.0 cm³/mol. The summed E-state index contributed by atoms with van der Waals surface area (Å²) >= 11 is 5.56. The third-order valence-electron chi connectivity index (χ3n) is 2.92. The third kappa shape index (κ3) is 2.52. The van der Waals surface area contributed by atoms with Gasteiger partial charge < -0.3 is 10.6 Å². The number of hydrogen-bond donors (Lipinski definition) is 3. The van der Waals surface area contributed by atoms with Crippen molar-refractivity contribution < 1.29 is 5.21 Å². The van der Waals surface area contributed by atoms with E-state index in [4.69, 9.17) is 17.3 Å². The molecule has 17 heavy (non-hydrogen) atoms. The van der Waals surface area contributed by atoms with Crippen LogP contribution in [0.5, 0.6) is 0 Å². The molecular weight excluding hydrogens is 240 g/mol. The molecule has 1 aromatic rings. The largest absolute Gasteiger partial charge is 0.374 e. The van der Waals surface area contributed by atoms with E-state index in [1.54, 1.807) is 6.07 Å². The molecule has 1 aliphatic rings. The highest BCUT2D eigenvalue weighted by Gasteiger charge is 2.18. The second-order valence-corrected chi connectivity index (χ2v) is 4.52. The van der Waals surface area contributed by atoms with Crippen LogP contribution in [0, 0.1) is 0 Å². The van der Waals surface area contributed by atoms with E-state index in [1.807, 2.05) is 13.1 Å². The average molecular weight is 255 g/mol. The molecule has 1 aliphatic heterocycles. The zero-order chi connectivity index (χ0) is 12.4. The summed E-state index contributed by atoms with van der Waals surface area (Å²) in [4.78, 5) is 6.16. The molecule has 0 spiro atoms. The lowest BCUT2D eigenvalue weighted by Crippen LogP contribution is -2.27. The molecule has 0 unspecified atom stereocenters. The van der Waals surface area contributed by atoms with E-state index in [9.17, 15) is 5.21 Å². The van der Waals surface area contributed by atoms with E-state index < -0.39 is 0 Å². The predicted octanol–water partition coefficient (Wildman–Crippen LogP) is 1.66. The van der Waals surface area contributed by atoms with Crippen LogP contribution >= 0.6 is 11.6 Å². The summed E-state index contributed by atoms with van der Waals surface area (Å²) < 4.78 is 0. The standard InChI is InChI=1S/C11H15ClN4O/c1-16-5-4-7-2-3-9(14-11(12)13)10(15-17)8(7)6-16/h2-3,15,17H,4-6H2,1H3,(H2,13,14). The Morgan fingerprint density at radius 3 is 3.00 bits per heavy atom. The molecule has 0 aromatic heterocycles. The maximum absolute atomic E-state index is 9.25. The van der Waals surface area contributed by atoms with Crippen molar-refractivity contribution in [2.45, 2.75) is 13.0 Å². The summed E-state index contributed by atoms with van der Waals surface area (Å²) in [7, 11) is 2.04. The highest BCUT2D eigenvalue weighted by molar-refractivity contribution is 6.64. The summed E-state index contributed by atoms with van der Waals surface area (Å²) in [6.45, 7) is 1.78. The van der Waals surface area contributed by atoms with E-state index in [-0.39, 0.29) is 5.29 Å². The highest BCUT2D eigenvalue weighted by atomic mass is 35.5. The third-order valence-corrected chi connectivity index (χ3v) is 3.00. The van der Waals surface area contributed by atoms with Crippen LogP contribution in [0.2, 0.25) is 0 Å². The second-order valence-electron chi connectivity index (χ2n) is 4.13. The van der Waals surface area contributed by atoms with Crippen LogP contribution in [0.3, 0.4) is 0 Å². The lowest BCUT2D eigenvalue weighted by Gasteiger charge is -2.27. The fraction of sp³-hybridized carbons (Fsp3) is 0.364. The first-order valence-corrected chi connectivity index (χ1v) is 5.72. The van der Waals surface area contributed by atoms with Gasteiger partial charge in [0.15, 0.2) is 5.29 Å². The van der Waals surface area contributed by atoms with Crippen LogP contribution < -0.4 is 11.2 Å². The maximum Gasteiger partial charge on any atom is 0.193 e. The summed E-state index contributed by atoms with van der Waals surface area (Å²) in [5, 5.41) is 9.20. The smallest absolute Gasteiger partial charge is 0.193 e. The van der Waals surface area contributed by atoms with E-state index in [2.05, 4.69) is 15.4 Å². The van der Waals surface area contributed by atoms with E-state index in [0.29, 0.717) is 11.4 Å². The SMILES string of the molecule is CN1CCc2ccc(N=C(N)Cl)c(NO)c2C1. The van der Waals surface area contributed by atoms with Crippen molar-refractivity contribution in [3.63, 3.8) is 0 Å². The quantitative estimate of drug-likeness (QED) is 0.325. The average Bonchev–Trinajstić information content (AvgIpc) is 2.28. The molecular formula is C11H15ClN4O. The number of halogens is 1. The molecule has 0 fully saturated rings. The minimum Gasteiger partial charge on any atom is -0.374 e. The van der Waals surface area contributed by atoms with Crippen molar-refractivity contribution in [2.24, 2.45) is 10.7 Å². The molecule has 4 N–H and O–H groups in total. The Balaban J connectivity index is 2.51. The number of hydrogen-bond acceptors (Lipinski definition) is 4. The van der Waals surface area contributed by atoms with E-state index >= 15 is 0 Å². The van der Waals surface area contributed by atoms with Gasteiger partial charge in [-0.05, 0) is 42.3 Å². The summed E-state index contributed by atoms with van der Waals surface area (Å²) in [5.41, 5.74) is 10.9. The first-order chi connectivity index (χ1) is 8.11. The molecule has 0 radical (unpaired) electrons. The Hall–Kier alpha value is -1.30. The van der Waals surface area contributed by atoms with Gasteiger partial charge in [-0.2, -0.15) is 0 Å². The molecule has 0 saturated heterocycles. The number of nitrogens with one attached hydrogen (secondary N) is 1. The first kappa shape index (κ1) is 12.2. The number of nitrogens with two attached hydrogens (primary N) is 1. The van der Waals surface area contributed by atoms with Crippen LogP contribution in [0.25, 0.3) is 0 Å². The van der Waals surface area contributed by atoms with Gasteiger partial charge in [-0.25, -0.2) is 4.99 Å². The number of likely N-dealkylation sites (N-methyl/N-ethyl adjacent to an activating group) is 1. The highest BCUT2D eigenvalue weighted by Crippen LogP contribution is 2.34. The fourth-order valence-corrected chi connectivity index (χ4v) is 2.18. The number of rotatable bonds is 2. The topological polar surface area (TPSA) is 73.9 Å². The number of nitrogens with zero attached hydrogens (tertiary/aromatic N) is 2. The van der Waals surface area contributed by atoms with E-state index in [0.717, 1.165) is 25.1 Å². The normalized spacial score (nSPS) is 16.8. The monoisotopic (exact) mass is 254 g/mol. The van der Waals surface area contributed by atoms with Gasteiger partial charge in [0.2, 0.25) is 0 Å². The Bertz CT molecular complexity index is 457. The van der Waals surface area contributed by atoms with Gasteiger partial charge in [0.25, 0.3) is 0 Å². The minimum atomic E-state index is -0.0504. The molecule has 0 saturated carbocycles. The molecule has 92 valence electrons. The van der Waals surface area contributed by atoms with Crippen molar-refractivity contribution in [1.82, 2.24) is 4.90 Å². The number of fused-ring (bicyclic) bond motifs is 1. The number of benzene rings is 1.